The average Bonchev–Trinajstić information content (AvgIpc) is 2.76. The minimum atomic E-state index is -1.56. The maximum absolute atomic E-state index is 12.4. The molecule has 0 aliphatic heterocycles. The van der Waals surface area contributed by atoms with Crippen LogP contribution >= 0.6 is 10.8 Å². The minimum Gasteiger partial charge on any atom is -0.590 e. The molecule has 0 radical (unpaired) electrons. The lowest BCUT2D eigenvalue weighted by atomic mass is 10.2. The number of methoxy groups -OCH3 is 2. The van der Waals surface area contributed by atoms with Gasteiger partial charge in [-0.1, -0.05) is 0 Å². The van der Waals surface area contributed by atoms with Crippen LogP contribution in [-0.2, 0) is 4.74 Å². The van der Waals surface area contributed by atoms with Crippen LogP contribution in [0.4, 0.5) is 5.69 Å². The Balaban J connectivity index is 2.68. The Labute approximate surface area is 119 Å². The number of anilines is 1. The van der Waals surface area contributed by atoms with Gasteiger partial charge in [0.05, 0.1) is 19.6 Å². The molecule has 3 N–H and O–H groups in total. The standard InChI is InChI=1S/C13H16N2O4S/c1-18-8-3-4-10-9(7-8)11(15-6-5-14)12(20(10)17)13(16)19-2/h3-4,7,15H,5-6,14H2,1-2H3. The van der Waals surface area contributed by atoms with Crippen molar-refractivity contribution in [2.75, 3.05) is 32.6 Å². The van der Waals surface area contributed by atoms with Crippen molar-refractivity contribution in [1.82, 2.24) is 0 Å². The minimum absolute atomic E-state index is 0.115. The second-order valence-electron chi connectivity index (χ2n) is 4.04. The van der Waals surface area contributed by atoms with Crippen molar-refractivity contribution < 1.29 is 18.8 Å². The van der Waals surface area contributed by atoms with Gasteiger partial charge in [0.15, 0.2) is 4.70 Å². The lowest BCUT2D eigenvalue weighted by Crippen LogP contribution is -2.15. The molecule has 0 bridgehead atoms. The van der Waals surface area contributed by atoms with Crippen molar-refractivity contribution >= 4 is 32.5 Å². The molecule has 0 fully saturated rings. The molecule has 6 nitrogen and oxygen atoms in total. The largest absolute Gasteiger partial charge is 0.590 e. The number of carbonyl (C=O) groups is 1. The number of fused-ring (bicyclic) bond motifs is 1. The van der Waals surface area contributed by atoms with Crippen LogP contribution in [0.15, 0.2) is 18.2 Å². The highest BCUT2D eigenvalue weighted by molar-refractivity contribution is 7.33. The maximum Gasteiger partial charge on any atom is 0.393 e. The third-order valence-corrected chi connectivity index (χ3v) is 4.38. The molecule has 0 aliphatic rings. The molecule has 2 rings (SSSR count). The summed E-state index contributed by atoms with van der Waals surface area (Å²) in [6, 6.07) is 5.13. The summed E-state index contributed by atoms with van der Waals surface area (Å²) in [5, 5.41) is 3.72. The van der Waals surface area contributed by atoms with Crippen LogP contribution in [0.2, 0.25) is 0 Å². The van der Waals surface area contributed by atoms with Gasteiger partial charge in [0.2, 0.25) is 0 Å². The fourth-order valence-electron chi connectivity index (χ4n) is 1.96. The number of esters is 1. The number of rotatable bonds is 5. The molecule has 1 aromatic heterocycles. The number of hydrogen-bond donors (Lipinski definition) is 2. The normalized spacial score (nSPS) is 11.5. The average molecular weight is 296 g/mol. The highest BCUT2D eigenvalue weighted by Crippen LogP contribution is 2.43. The number of hydrogen-bond acceptors (Lipinski definition) is 6. The quantitative estimate of drug-likeness (QED) is 0.644. The fraction of sp³-hybridized carbons (Fsp3) is 0.308. The molecular formula is C13H16N2O4S. The van der Waals surface area contributed by atoms with Crippen LogP contribution in [-0.4, -0.2) is 37.8 Å². The van der Waals surface area contributed by atoms with E-state index in [0.717, 1.165) is 0 Å². The van der Waals surface area contributed by atoms with Crippen molar-refractivity contribution in [3.8, 4) is 5.75 Å². The summed E-state index contributed by atoms with van der Waals surface area (Å²) in [6.07, 6.45) is 0. The van der Waals surface area contributed by atoms with Crippen LogP contribution in [0.25, 0.3) is 10.1 Å². The van der Waals surface area contributed by atoms with Gasteiger partial charge in [-0.3, -0.25) is 0 Å². The lowest BCUT2D eigenvalue weighted by molar-refractivity contribution is 0.0606. The second-order valence-corrected chi connectivity index (χ2v) is 5.43. The van der Waals surface area contributed by atoms with Gasteiger partial charge in [-0.25, -0.2) is 4.79 Å². The Kier molecular flexibility index (Phi) is 4.43. The molecule has 1 heterocycles. The molecule has 1 unspecified atom stereocenters. The highest BCUT2D eigenvalue weighted by atomic mass is 32.2. The predicted molar refractivity (Wildman–Crippen MR) is 78.0 cm³/mol. The number of thiophene rings is 1. The summed E-state index contributed by atoms with van der Waals surface area (Å²) in [5.74, 6) is 0.0111. The van der Waals surface area contributed by atoms with Gasteiger partial charge in [-0.05, 0) is 22.9 Å². The van der Waals surface area contributed by atoms with Gasteiger partial charge in [-0.15, -0.1) is 0 Å². The van der Waals surface area contributed by atoms with E-state index in [9.17, 15) is 9.35 Å². The van der Waals surface area contributed by atoms with Crippen LogP contribution in [0.1, 0.15) is 9.67 Å². The topological polar surface area (TPSA) is 96.6 Å². The monoisotopic (exact) mass is 296 g/mol. The molecule has 1 aromatic carbocycles. The summed E-state index contributed by atoms with van der Waals surface area (Å²) in [7, 11) is 1.24. The van der Waals surface area contributed by atoms with Crippen LogP contribution in [0.3, 0.4) is 0 Å². The van der Waals surface area contributed by atoms with E-state index in [4.69, 9.17) is 15.2 Å². The summed E-state index contributed by atoms with van der Waals surface area (Å²) >= 11 is 0. The van der Waals surface area contributed by atoms with Gasteiger partial charge in [0, 0.05) is 19.2 Å². The van der Waals surface area contributed by atoms with E-state index in [1.807, 2.05) is 0 Å². The highest BCUT2D eigenvalue weighted by Gasteiger charge is 2.29. The number of benzene rings is 1. The van der Waals surface area contributed by atoms with Crippen molar-refractivity contribution in [3.63, 3.8) is 0 Å². The fourth-order valence-corrected chi connectivity index (χ4v) is 3.34. The van der Waals surface area contributed by atoms with E-state index in [2.05, 4.69) is 5.32 Å². The second kappa shape index (κ2) is 6.08. The van der Waals surface area contributed by atoms with Crippen molar-refractivity contribution in [2.45, 2.75) is 0 Å². The third-order valence-electron chi connectivity index (χ3n) is 2.89. The zero-order valence-corrected chi connectivity index (χ0v) is 12.1. The zero-order chi connectivity index (χ0) is 14.7. The maximum atomic E-state index is 12.4. The van der Waals surface area contributed by atoms with Gasteiger partial charge in [0.1, 0.15) is 11.4 Å². The van der Waals surface area contributed by atoms with Crippen molar-refractivity contribution in [1.29, 1.82) is 0 Å². The molecule has 7 heteroatoms. The smallest absolute Gasteiger partial charge is 0.393 e. The first-order valence-electron chi connectivity index (χ1n) is 6.00. The van der Waals surface area contributed by atoms with Gasteiger partial charge in [-0.2, -0.15) is 0 Å². The molecule has 108 valence electrons. The van der Waals surface area contributed by atoms with E-state index in [1.165, 1.54) is 7.11 Å². The molecule has 2 aromatic rings. The van der Waals surface area contributed by atoms with E-state index < -0.39 is 16.7 Å². The molecule has 0 spiro atoms. The van der Waals surface area contributed by atoms with E-state index >= 15 is 0 Å². The number of carbonyl (C=O) groups excluding carboxylic acids is 1. The summed E-state index contributed by atoms with van der Waals surface area (Å²) in [6.45, 7) is 0.855. The molecule has 0 amide bonds. The van der Waals surface area contributed by atoms with Crippen molar-refractivity contribution in [3.05, 3.63) is 23.1 Å². The van der Waals surface area contributed by atoms with Crippen LogP contribution in [0, 0.1) is 0 Å². The zero-order valence-electron chi connectivity index (χ0n) is 11.3. The SMILES string of the molecule is COC(=O)c1c(NCCN)c2cc(OC)ccc2[s+]1[O-]. The van der Waals surface area contributed by atoms with Gasteiger partial charge in [0.25, 0.3) is 4.88 Å². The molecule has 0 saturated heterocycles. The van der Waals surface area contributed by atoms with Crippen molar-refractivity contribution in [2.24, 2.45) is 5.73 Å². The molecule has 1 atom stereocenters. The van der Waals surface area contributed by atoms with Crippen LogP contribution in [0.5, 0.6) is 5.75 Å². The van der Waals surface area contributed by atoms with Gasteiger partial charge < -0.3 is 25.1 Å². The number of ether oxygens (including phenoxy) is 2. The summed E-state index contributed by atoms with van der Waals surface area (Å²) in [4.78, 5) is 12.0. The first-order valence-corrected chi connectivity index (χ1v) is 7.15. The lowest BCUT2D eigenvalue weighted by Gasteiger charge is -2.04. The Hall–Kier alpha value is -1.83. The molecule has 0 aliphatic carbocycles. The summed E-state index contributed by atoms with van der Waals surface area (Å²) < 4.78 is 22.8. The molecule has 20 heavy (non-hydrogen) atoms. The number of nitrogens with one attached hydrogen (secondary N) is 1. The Bertz CT molecular complexity index is 639. The molecular weight excluding hydrogens is 280 g/mol. The molecule has 0 saturated carbocycles. The van der Waals surface area contributed by atoms with E-state index in [-0.39, 0.29) is 4.88 Å². The van der Waals surface area contributed by atoms with E-state index in [0.29, 0.717) is 34.6 Å². The Morgan fingerprint density at radius 1 is 1.45 bits per heavy atom. The Morgan fingerprint density at radius 2 is 2.20 bits per heavy atom. The Morgan fingerprint density at radius 3 is 2.80 bits per heavy atom. The van der Waals surface area contributed by atoms with E-state index in [1.54, 1.807) is 25.3 Å². The van der Waals surface area contributed by atoms with Crippen LogP contribution < -0.4 is 15.8 Å². The first-order chi connectivity index (χ1) is 9.63. The predicted octanol–water partition coefficient (Wildman–Crippen LogP) is 1.73. The first kappa shape index (κ1) is 14.6. The summed E-state index contributed by atoms with van der Waals surface area (Å²) in [5.41, 5.74) is 5.96. The number of nitrogens with two attached hydrogens (primary N) is 1. The van der Waals surface area contributed by atoms with Gasteiger partial charge >= 0.3 is 5.97 Å². The third kappa shape index (κ3) is 2.43.